The van der Waals surface area contributed by atoms with Crippen LogP contribution in [0.15, 0.2) is 82.8 Å². The Morgan fingerprint density at radius 2 is 1.79 bits per heavy atom. The maximum Gasteiger partial charge on any atom is 0.262 e. The van der Waals surface area contributed by atoms with E-state index in [4.69, 9.17) is 4.74 Å². The summed E-state index contributed by atoms with van der Waals surface area (Å²) >= 11 is 1.55. The zero-order valence-electron chi connectivity index (χ0n) is 15.3. The van der Waals surface area contributed by atoms with Crippen LogP contribution in [0, 0.1) is 6.92 Å². The molecule has 1 amide bonds. The van der Waals surface area contributed by atoms with Crippen LogP contribution in [0.4, 0.5) is 5.69 Å². The van der Waals surface area contributed by atoms with E-state index in [1.54, 1.807) is 11.8 Å². The second-order valence-corrected chi connectivity index (χ2v) is 7.35. The topological polar surface area (TPSA) is 67.0 Å². The first-order valence-corrected chi connectivity index (χ1v) is 9.70. The number of benzene rings is 3. The van der Waals surface area contributed by atoms with E-state index < -0.39 is 0 Å². The van der Waals surface area contributed by atoms with Crippen LogP contribution >= 0.6 is 11.8 Å². The molecule has 3 aromatic carbocycles. The van der Waals surface area contributed by atoms with Crippen LogP contribution in [0.25, 0.3) is 11.0 Å². The Morgan fingerprint density at radius 3 is 2.57 bits per heavy atom. The van der Waals surface area contributed by atoms with Crippen molar-refractivity contribution in [2.75, 3.05) is 11.9 Å². The van der Waals surface area contributed by atoms with Crippen LogP contribution in [0.2, 0.25) is 0 Å². The van der Waals surface area contributed by atoms with Crippen molar-refractivity contribution in [3.63, 3.8) is 0 Å². The molecule has 0 aliphatic rings. The first-order chi connectivity index (χ1) is 13.7. The van der Waals surface area contributed by atoms with Crippen molar-refractivity contribution in [1.29, 1.82) is 0 Å². The average Bonchev–Trinajstić information content (AvgIpc) is 3.11. The van der Waals surface area contributed by atoms with Gasteiger partial charge in [-0.15, -0.1) is 0 Å². The predicted molar refractivity (Wildman–Crippen MR) is 112 cm³/mol. The van der Waals surface area contributed by atoms with E-state index in [9.17, 15) is 4.79 Å². The molecule has 28 heavy (non-hydrogen) atoms. The minimum atomic E-state index is -0.194. The quantitative estimate of drug-likeness (QED) is 0.485. The summed E-state index contributed by atoms with van der Waals surface area (Å²) in [6.45, 7) is 1.92. The molecule has 0 atom stereocenters. The molecule has 4 rings (SSSR count). The zero-order valence-corrected chi connectivity index (χ0v) is 16.1. The molecule has 5 nitrogen and oxygen atoms in total. The number of carbonyl (C=O) groups is 1. The molecule has 1 aromatic heterocycles. The second-order valence-electron chi connectivity index (χ2n) is 6.29. The number of aromatic nitrogens is 2. The monoisotopic (exact) mass is 389 g/mol. The smallest absolute Gasteiger partial charge is 0.262 e. The van der Waals surface area contributed by atoms with Gasteiger partial charge in [0.15, 0.2) is 11.8 Å². The molecule has 0 saturated heterocycles. The fourth-order valence-corrected chi connectivity index (χ4v) is 3.55. The van der Waals surface area contributed by atoms with Gasteiger partial charge in [-0.2, -0.15) is 0 Å². The number of H-pyrrole nitrogens is 1. The SMILES string of the molecule is Cc1ccccc1OCC(=O)Nc1ccc(Sc2nc3ccccc3[nH]2)cc1. The highest BCUT2D eigenvalue weighted by Crippen LogP contribution is 2.28. The van der Waals surface area contributed by atoms with E-state index in [2.05, 4.69) is 15.3 Å². The largest absolute Gasteiger partial charge is 0.483 e. The lowest BCUT2D eigenvalue weighted by atomic mass is 10.2. The average molecular weight is 389 g/mol. The number of nitrogens with zero attached hydrogens (tertiary/aromatic N) is 1. The number of rotatable bonds is 6. The highest BCUT2D eigenvalue weighted by atomic mass is 32.2. The Morgan fingerprint density at radius 1 is 1.04 bits per heavy atom. The van der Waals surface area contributed by atoms with Gasteiger partial charge in [0.05, 0.1) is 11.0 Å². The highest BCUT2D eigenvalue weighted by Gasteiger charge is 2.07. The fourth-order valence-electron chi connectivity index (χ4n) is 2.75. The van der Waals surface area contributed by atoms with E-state index in [1.165, 1.54) is 0 Å². The molecule has 4 aromatic rings. The normalized spacial score (nSPS) is 10.8. The Labute approximate surface area is 167 Å². The van der Waals surface area contributed by atoms with E-state index in [-0.39, 0.29) is 12.5 Å². The van der Waals surface area contributed by atoms with Crippen molar-refractivity contribution in [2.24, 2.45) is 0 Å². The van der Waals surface area contributed by atoms with Gasteiger partial charge in [-0.1, -0.05) is 42.1 Å². The van der Waals surface area contributed by atoms with E-state index >= 15 is 0 Å². The molecule has 2 N–H and O–H groups in total. The number of hydrogen-bond acceptors (Lipinski definition) is 4. The molecule has 0 bridgehead atoms. The molecular formula is C22H19N3O2S. The molecule has 0 unspecified atom stereocenters. The molecule has 140 valence electrons. The highest BCUT2D eigenvalue weighted by molar-refractivity contribution is 7.99. The maximum absolute atomic E-state index is 12.1. The third-order valence-corrected chi connectivity index (χ3v) is 5.07. The minimum Gasteiger partial charge on any atom is -0.483 e. The number of imidazole rings is 1. The van der Waals surface area contributed by atoms with E-state index in [1.807, 2.05) is 79.7 Å². The molecule has 1 heterocycles. The van der Waals surface area contributed by atoms with Crippen LogP contribution in [-0.4, -0.2) is 22.5 Å². The lowest BCUT2D eigenvalue weighted by molar-refractivity contribution is -0.118. The fraction of sp³-hybridized carbons (Fsp3) is 0.0909. The second kappa shape index (κ2) is 8.19. The Kier molecular flexibility index (Phi) is 5.30. The number of para-hydroxylation sites is 3. The maximum atomic E-state index is 12.1. The number of ether oxygens (including phenoxy) is 1. The van der Waals surface area contributed by atoms with Crippen molar-refractivity contribution in [1.82, 2.24) is 9.97 Å². The van der Waals surface area contributed by atoms with E-state index in [0.29, 0.717) is 0 Å². The van der Waals surface area contributed by atoms with Crippen molar-refractivity contribution in [2.45, 2.75) is 17.0 Å². The number of nitrogens with one attached hydrogen (secondary N) is 2. The standard InChI is InChI=1S/C22H19N3O2S/c1-15-6-2-5-9-20(15)27-14-21(26)23-16-10-12-17(13-11-16)28-22-24-18-7-3-4-8-19(18)25-22/h2-13H,14H2,1H3,(H,23,26)(H,24,25). The summed E-state index contributed by atoms with van der Waals surface area (Å²) in [4.78, 5) is 21.0. The molecule has 0 aliphatic carbocycles. The first kappa shape index (κ1) is 18.1. The van der Waals surface area contributed by atoms with E-state index in [0.717, 1.165) is 38.1 Å². The van der Waals surface area contributed by atoms with Gasteiger partial charge in [-0.25, -0.2) is 4.98 Å². The van der Waals surface area contributed by atoms with Gasteiger partial charge >= 0.3 is 0 Å². The summed E-state index contributed by atoms with van der Waals surface area (Å²) in [5, 5.41) is 3.69. The minimum absolute atomic E-state index is 0.0274. The summed E-state index contributed by atoms with van der Waals surface area (Å²) in [6, 6.07) is 23.2. The van der Waals surface area contributed by atoms with Crippen LogP contribution in [-0.2, 0) is 4.79 Å². The molecule has 0 spiro atoms. The van der Waals surface area contributed by atoms with Gasteiger partial charge in [0.1, 0.15) is 5.75 Å². The molecular weight excluding hydrogens is 370 g/mol. The number of fused-ring (bicyclic) bond motifs is 1. The summed E-state index contributed by atoms with van der Waals surface area (Å²) in [5.74, 6) is 0.524. The molecule has 0 saturated carbocycles. The summed E-state index contributed by atoms with van der Waals surface area (Å²) in [7, 11) is 0. The number of hydrogen-bond donors (Lipinski definition) is 2. The molecule has 0 aliphatic heterocycles. The Bertz CT molecular complexity index is 1070. The number of aryl methyl sites for hydroxylation is 1. The third kappa shape index (κ3) is 4.35. The summed E-state index contributed by atoms with van der Waals surface area (Å²) in [6.07, 6.45) is 0. The summed E-state index contributed by atoms with van der Waals surface area (Å²) in [5.41, 5.74) is 3.69. The lowest BCUT2D eigenvalue weighted by Gasteiger charge is -2.09. The number of anilines is 1. The zero-order chi connectivity index (χ0) is 19.3. The predicted octanol–water partition coefficient (Wildman–Crippen LogP) is 5.04. The molecule has 0 fully saturated rings. The van der Waals surface area contributed by atoms with Crippen LogP contribution < -0.4 is 10.1 Å². The number of carbonyl (C=O) groups excluding carboxylic acids is 1. The van der Waals surface area contributed by atoms with Gasteiger partial charge in [0, 0.05) is 10.6 Å². The van der Waals surface area contributed by atoms with Gasteiger partial charge in [0.25, 0.3) is 5.91 Å². The van der Waals surface area contributed by atoms with Crippen molar-refractivity contribution < 1.29 is 9.53 Å². The number of amides is 1. The summed E-state index contributed by atoms with van der Waals surface area (Å²) < 4.78 is 5.57. The van der Waals surface area contributed by atoms with Gasteiger partial charge in [-0.05, 0) is 55.0 Å². The van der Waals surface area contributed by atoms with Crippen molar-refractivity contribution in [3.05, 3.63) is 78.4 Å². The van der Waals surface area contributed by atoms with Crippen molar-refractivity contribution in [3.8, 4) is 5.75 Å². The first-order valence-electron chi connectivity index (χ1n) is 8.88. The number of aromatic amines is 1. The molecule has 6 heteroatoms. The Hall–Kier alpha value is -3.25. The lowest BCUT2D eigenvalue weighted by Crippen LogP contribution is -2.20. The van der Waals surface area contributed by atoms with Crippen LogP contribution in [0.3, 0.4) is 0 Å². The van der Waals surface area contributed by atoms with Gasteiger partial charge in [0.2, 0.25) is 0 Å². The molecule has 0 radical (unpaired) electrons. The van der Waals surface area contributed by atoms with Crippen molar-refractivity contribution >= 4 is 34.4 Å². The Balaban J connectivity index is 1.33. The van der Waals surface area contributed by atoms with Crippen LogP contribution in [0.1, 0.15) is 5.56 Å². The van der Waals surface area contributed by atoms with Crippen LogP contribution in [0.5, 0.6) is 5.75 Å². The van der Waals surface area contributed by atoms with Gasteiger partial charge in [-0.3, -0.25) is 4.79 Å². The van der Waals surface area contributed by atoms with Gasteiger partial charge < -0.3 is 15.0 Å². The third-order valence-electron chi connectivity index (χ3n) is 4.17.